The van der Waals surface area contributed by atoms with E-state index in [2.05, 4.69) is 64.2 Å². The number of hydrogen-bond donors (Lipinski definition) is 1. The van der Waals surface area contributed by atoms with Crippen LogP contribution in [0.4, 0.5) is 0 Å². The maximum absolute atomic E-state index is 11.3. The molecule has 0 unspecified atom stereocenters. The Morgan fingerprint density at radius 2 is 2.14 bits per heavy atom. The minimum absolute atomic E-state index is 0.00307. The Hall–Kier alpha value is -1.87. The van der Waals surface area contributed by atoms with E-state index in [0.29, 0.717) is 11.3 Å². The van der Waals surface area contributed by atoms with Gasteiger partial charge in [0.05, 0.1) is 17.8 Å². The van der Waals surface area contributed by atoms with Gasteiger partial charge in [-0.25, -0.2) is 0 Å². The number of amides is 1. The van der Waals surface area contributed by atoms with Crippen molar-refractivity contribution in [3.63, 3.8) is 0 Å². The number of rotatable bonds is 3. The molecule has 9 heteroatoms. The van der Waals surface area contributed by atoms with Gasteiger partial charge in [0.25, 0.3) is 11.9 Å². The van der Waals surface area contributed by atoms with E-state index in [0.717, 1.165) is 8.95 Å². The molecule has 0 radical (unpaired) electrons. The number of nitrogens with zero attached hydrogens (tertiary/aromatic N) is 4. The molecule has 0 saturated heterocycles. The SMILES string of the molecule is C=C1N=N/C(=N/N=C/c2cc(Br)cc(Br)c2OC)NC1=O. The minimum Gasteiger partial charge on any atom is -0.495 e. The first-order valence-electron chi connectivity index (χ1n) is 5.57. The quantitative estimate of drug-likeness (QED) is 0.468. The van der Waals surface area contributed by atoms with Crippen LogP contribution < -0.4 is 10.1 Å². The normalized spacial score (nSPS) is 16.6. The Morgan fingerprint density at radius 1 is 1.38 bits per heavy atom. The number of halogens is 2. The van der Waals surface area contributed by atoms with Gasteiger partial charge >= 0.3 is 0 Å². The molecule has 0 atom stereocenters. The number of carbonyl (C=O) groups excluding carboxylic acids is 1. The highest BCUT2D eigenvalue weighted by Crippen LogP contribution is 2.31. The van der Waals surface area contributed by atoms with Crippen LogP contribution in [0.5, 0.6) is 5.75 Å². The zero-order valence-corrected chi connectivity index (χ0v) is 14.0. The second-order valence-corrected chi connectivity index (χ2v) is 5.55. The molecule has 0 bridgehead atoms. The molecule has 0 aliphatic carbocycles. The van der Waals surface area contributed by atoms with Gasteiger partial charge in [-0.05, 0) is 28.1 Å². The van der Waals surface area contributed by atoms with Crippen LogP contribution in [0.3, 0.4) is 0 Å². The molecule has 1 heterocycles. The van der Waals surface area contributed by atoms with Gasteiger partial charge < -0.3 is 4.74 Å². The lowest BCUT2D eigenvalue weighted by molar-refractivity contribution is -0.116. The average molecular weight is 415 g/mol. The zero-order chi connectivity index (χ0) is 15.4. The molecule has 21 heavy (non-hydrogen) atoms. The van der Waals surface area contributed by atoms with Gasteiger partial charge in [0.1, 0.15) is 11.4 Å². The minimum atomic E-state index is -0.457. The third-order valence-corrected chi connectivity index (χ3v) is 3.39. The van der Waals surface area contributed by atoms with Crippen LogP contribution in [0, 0.1) is 0 Å². The van der Waals surface area contributed by atoms with Crippen molar-refractivity contribution in [2.75, 3.05) is 7.11 Å². The molecule has 1 amide bonds. The summed E-state index contributed by atoms with van der Waals surface area (Å²) in [5.74, 6) is 0.156. The molecule has 0 spiro atoms. The number of hydrogen-bond acceptors (Lipinski definition) is 5. The zero-order valence-electron chi connectivity index (χ0n) is 10.8. The first kappa shape index (κ1) is 15.5. The summed E-state index contributed by atoms with van der Waals surface area (Å²) in [5.41, 5.74) is 0.724. The van der Waals surface area contributed by atoms with E-state index in [-0.39, 0.29) is 11.7 Å². The van der Waals surface area contributed by atoms with Crippen molar-refractivity contribution in [1.82, 2.24) is 5.32 Å². The third kappa shape index (κ3) is 3.82. The van der Waals surface area contributed by atoms with Crippen molar-refractivity contribution < 1.29 is 9.53 Å². The molecule has 1 N–H and O–H groups in total. The van der Waals surface area contributed by atoms with E-state index in [4.69, 9.17) is 4.74 Å². The molecule has 1 aromatic carbocycles. The first-order chi connectivity index (χ1) is 10.0. The topological polar surface area (TPSA) is 87.8 Å². The highest BCUT2D eigenvalue weighted by atomic mass is 79.9. The number of benzene rings is 1. The van der Waals surface area contributed by atoms with Gasteiger partial charge in [0.2, 0.25) is 0 Å². The summed E-state index contributed by atoms with van der Waals surface area (Å²) in [6, 6.07) is 3.67. The van der Waals surface area contributed by atoms with Gasteiger partial charge in [-0.15, -0.1) is 15.3 Å². The second kappa shape index (κ2) is 6.72. The number of guanidine groups is 1. The predicted molar refractivity (Wildman–Crippen MR) is 85.6 cm³/mol. The number of methoxy groups -OCH3 is 1. The van der Waals surface area contributed by atoms with Crippen LogP contribution >= 0.6 is 31.9 Å². The second-order valence-electron chi connectivity index (χ2n) is 3.78. The van der Waals surface area contributed by atoms with E-state index >= 15 is 0 Å². The monoisotopic (exact) mass is 413 g/mol. The number of carbonyl (C=O) groups is 1. The Balaban J connectivity index is 2.24. The maximum atomic E-state index is 11.3. The molecule has 0 saturated carbocycles. The summed E-state index contributed by atoms with van der Waals surface area (Å²) in [5, 5.41) is 17.2. The lowest BCUT2D eigenvalue weighted by Crippen LogP contribution is -2.32. The molecular formula is C12H9Br2N5O2. The van der Waals surface area contributed by atoms with Crippen LogP contribution in [0.1, 0.15) is 5.56 Å². The average Bonchev–Trinajstić information content (AvgIpc) is 2.42. The molecule has 0 fully saturated rings. The Labute approximate surface area is 137 Å². The maximum Gasteiger partial charge on any atom is 0.277 e. The Kier molecular flexibility index (Phi) is 4.97. The van der Waals surface area contributed by atoms with Gasteiger partial charge in [-0.3, -0.25) is 10.1 Å². The van der Waals surface area contributed by atoms with Gasteiger partial charge in [0, 0.05) is 10.0 Å². The van der Waals surface area contributed by atoms with Gasteiger partial charge in [-0.1, -0.05) is 22.5 Å². The van der Waals surface area contributed by atoms with Crippen molar-refractivity contribution in [3.05, 3.63) is 38.9 Å². The number of azo groups is 1. The van der Waals surface area contributed by atoms with E-state index in [1.165, 1.54) is 6.21 Å². The molecule has 7 nitrogen and oxygen atoms in total. The van der Waals surface area contributed by atoms with Crippen molar-refractivity contribution in [3.8, 4) is 5.75 Å². The van der Waals surface area contributed by atoms with E-state index in [1.807, 2.05) is 12.1 Å². The summed E-state index contributed by atoms with van der Waals surface area (Å²) in [7, 11) is 1.55. The highest BCUT2D eigenvalue weighted by molar-refractivity contribution is 9.11. The van der Waals surface area contributed by atoms with Crippen LogP contribution in [0.15, 0.2) is 53.8 Å². The number of ether oxygens (including phenoxy) is 1. The van der Waals surface area contributed by atoms with Crippen LogP contribution in [0.2, 0.25) is 0 Å². The van der Waals surface area contributed by atoms with Crippen LogP contribution in [-0.2, 0) is 4.79 Å². The molecular weight excluding hydrogens is 406 g/mol. The summed E-state index contributed by atoms with van der Waals surface area (Å²) in [4.78, 5) is 11.3. The van der Waals surface area contributed by atoms with Crippen molar-refractivity contribution >= 4 is 49.9 Å². The lowest BCUT2D eigenvalue weighted by atomic mass is 10.2. The summed E-state index contributed by atoms with van der Waals surface area (Å²) >= 11 is 6.76. The van der Waals surface area contributed by atoms with Crippen LogP contribution in [-0.4, -0.2) is 25.2 Å². The molecule has 108 valence electrons. The standard InChI is InChI=1S/C12H9Br2N5O2/c1-6-11(20)16-12(19-17-6)18-15-5-7-3-8(13)4-9(14)10(7)21-2/h3-5H,1H2,2H3,(H,16,18,20)/b15-5+. The Morgan fingerprint density at radius 3 is 2.81 bits per heavy atom. The fourth-order valence-electron chi connectivity index (χ4n) is 1.43. The number of nitrogens with one attached hydrogen (secondary N) is 1. The first-order valence-corrected chi connectivity index (χ1v) is 7.16. The summed E-state index contributed by atoms with van der Waals surface area (Å²) in [6.07, 6.45) is 1.48. The summed E-state index contributed by atoms with van der Waals surface area (Å²) < 4.78 is 6.90. The predicted octanol–water partition coefficient (Wildman–Crippen LogP) is 3.01. The lowest BCUT2D eigenvalue weighted by Gasteiger charge is -2.07. The molecule has 1 aliphatic rings. The summed E-state index contributed by atoms with van der Waals surface area (Å²) in [6.45, 7) is 3.41. The third-order valence-electron chi connectivity index (χ3n) is 2.34. The molecule has 1 aromatic rings. The molecule has 2 rings (SSSR count). The largest absolute Gasteiger partial charge is 0.495 e. The smallest absolute Gasteiger partial charge is 0.277 e. The van der Waals surface area contributed by atoms with Gasteiger partial charge in [-0.2, -0.15) is 5.10 Å². The molecule has 1 aliphatic heterocycles. The van der Waals surface area contributed by atoms with E-state index in [9.17, 15) is 4.79 Å². The Bertz CT molecular complexity index is 697. The highest BCUT2D eigenvalue weighted by Gasteiger charge is 2.14. The van der Waals surface area contributed by atoms with Crippen molar-refractivity contribution in [2.24, 2.45) is 20.4 Å². The van der Waals surface area contributed by atoms with Crippen molar-refractivity contribution in [2.45, 2.75) is 0 Å². The van der Waals surface area contributed by atoms with E-state index < -0.39 is 5.91 Å². The van der Waals surface area contributed by atoms with Crippen molar-refractivity contribution in [1.29, 1.82) is 0 Å². The van der Waals surface area contributed by atoms with E-state index in [1.54, 1.807) is 7.11 Å². The van der Waals surface area contributed by atoms with Crippen LogP contribution in [0.25, 0.3) is 0 Å². The fourth-order valence-corrected chi connectivity index (χ4v) is 2.85. The molecule has 0 aromatic heterocycles. The fraction of sp³-hybridized carbons (Fsp3) is 0.0833. The van der Waals surface area contributed by atoms with Gasteiger partial charge in [0.15, 0.2) is 0 Å².